The summed E-state index contributed by atoms with van der Waals surface area (Å²) in [6.45, 7) is 7.15. The zero-order chi connectivity index (χ0) is 12.1. The van der Waals surface area contributed by atoms with E-state index in [4.69, 9.17) is 0 Å². The third-order valence-corrected chi connectivity index (χ3v) is 3.63. The maximum Gasteiger partial charge on any atom is 0.106 e. The highest BCUT2D eigenvalue weighted by Gasteiger charge is 2.07. The minimum absolute atomic E-state index is 0.903. The first-order valence-corrected chi connectivity index (χ1v) is 6.93. The van der Waals surface area contributed by atoms with Crippen LogP contribution in [0.1, 0.15) is 29.7 Å². The molecule has 3 nitrogen and oxygen atoms in total. The van der Waals surface area contributed by atoms with Gasteiger partial charge >= 0.3 is 0 Å². The van der Waals surface area contributed by atoms with Gasteiger partial charge in [-0.2, -0.15) is 0 Å². The average Bonchev–Trinajstić information content (AvgIpc) is 2.94. The van der Waals surface area contributed by atoms with Gasteiger partial charge in [-0.25, -0.2) is 4.98 Å². The van der Waals surface area contributed by atoms with E-state index in [-0.39, 0.29) is 0 Å². The summed E-state index contributed by atoms with van der Waals surface area (Å²) in [5.74, 6) is 1.09. The third kappa shape index (κ3) is 3.17. The maximum absolute atomic E-state index is 4.40. The van der Waals surface area contributed by atoms with Gasteiger partial charge in [0.15, 0.2) is 0 Å². The number of thiophene rings is 1. The van der Waals surface area contributed by atoms with Crippen molar-refractivity contribution in [3.05, 3.63) is 40.1 Å². The molecule has 0 unspecified atom stereocenters. The Hall–Kier alpha value is -1.13. The molecule has 1 N–H and O–H groups in total. The highest BCUT2D eigenvalue weighted by Crippen LogP contribution is 2.14. The van der Waals surface area contributed by atoms with Crippen LogP contribution in [0.5, 0.6) is 0 Å². The number of rotatable bonds is 6. The predicted octanol–water partition coefficient (Wildman–Crippen LogP) is 2.80. The smallest absolute Gasteiger partial charge is 0.106 e. The van der Waals surface area contributed by atoms with E-state index in [1.165, 1.54) is 10.6 Å². The quantitative estimate of drug-likeness (QED) is 0.798. The van der Waals surface area contributed by atoms with Gasteiger partial charge in [-0.05, 0) is 31.3 Å². The van der Waals surface area contributed by atoms with E-state index >= 15 is 0 Å². The van der Waals surface area contributed by atoms with Crippen molar-refractivity contribution in [2.45, 2.75) is 33.4 Å². The van der Waals surface area contributed by atoms with Crippen LogP contribution in [0.15, 0.2) is 23.7 Å². The Kier molecular flexibility index (Phi) is 4.34. The minimum atomic E-state index is 0.903. The largest absolute Gasteiger partial charge is 0.326 e. The summed E-state index contributed by atoms with van der Waals surface area (Å²) in [4.78, 5) is 5.78. The second kappa shape index (κ2) is 5.98. The Balaban J connectivity index is 2.06. The van der Waals surface area contributed by atoms with Crippen molar-refractivity contribution in [3.8, 4) is 0 Å². The Bertz CT molecular complexity index is 445. The molecule has 0 bridgehead atoms. The molecule has 4 heteroatoms. The molecule has 0 aliphatic rings. The summed E-state index contributed by atoms with van der Waals surface area (Å²) in [7, 11) is 0. The molecule has 2 aromatic heterocycles. The van der Waals surface area contributed by atoms with Gasteiger partial charge in [0.25, 0.3) is 0 Å². The Labute approximate surface area is 107 Å². The lowest BCUT2D eigenvalue weighted by Crippen LogP contribution is -2.17. The number of nitrogens with zero attached hydrogens (tertiary/aromatic N) is 2. The fourth-order valence-electron chi connectivity index (χ4n) is 1.82. The molecule has 0 aliphatic heterocycles. The van der Waals surface area contributed by atoms with Crippen molar-refractivity contribution < 1.29 is 0 Å². The highest BCUT2D eigenvalue weighted by molar-refractivity contribution is 7.09. The third-order valence-electron chi connectivity index (χ3n) is 2.76. The van der Waals surface area contributed by atoms with Crippen LogP contribution in [0.25, 0.3) is 0 Å². The predicted molar refractivity (Wildman–Crippen MR) is 72.4 cm³/mol. The minimum Gasteiger partial charge on any atom is -0.326 e. The van der Waals surface area contributed by atoms with Gasteiger partial charge < -0.3 is 9.88 Å². The van der Waals surface area contributed by atoms with Gasteiger partial charge in [-0.1, -0.05) is 13.0 Å². The monoisotopic (exact) mass is 249 g/mol. The van der Waals surface area contributed by atoms with Crippen LogP contribution in [-0.4, -0.2) is 16.1 Å². The van der Waals surface area contributed by atoms with E-state index in [0.29, 0.717) is 0 Å². The maximum atomic E-state index is 4.40. The summed E-state index contributed by atoms with van der Waals surface area (Å²) in [5.41, 5.74) is 1.27. The molecule has 0 spiro atoms. The molecule has 2 heterocycles. The Morgan fingerprint density at radius 3 is 3.06 bits per heavy atom. The van der Waals surface area contributed by atoms with Crippen molar-refractivity contribution >= 4 is 11.3 Å². The van der Waals surface area contributed by atoms with E-state index in [1.54, 1.807) is 11.3 Å². The summed E-state index contributed by atoms with van der Waals surface area (Å²) in [5, 5.41) is 5.55. The molecule has 2 rings (SSSR count). The van der Waals surface area contributed by atoms with Crippen LogP contribution in [0.3, 0.4) is 0 Å². The van der Waals surface area contributed by atoms with Gasteiger partial charge in [0.2, 0.25) is 0 Å². The Morgan fingerprint density at radius 2 is 2.35 bits per heavy atom. The number of imidazole rings is 1. The molecule has 2 aromatic rings. The standard InChI is InChI=1S/C13H19N3S/c1-3-6-14-8-12-9-15-11(2)16(12)10-13-5-4-7-17-13/h4-5,7,9,14H,3,6,8,10H2,1-2H3. The van der Waals surface area contributed by atoms with Crippen LogP contribution < -0.4 is 5.32 Å². The topological polar surface area (TPSA) is 29.9 Å². The number of aromatic nitrogens is 2. The molecule has 0 fully saturated rings. The van der Waals surface area contributed by atoms with Gasteiger partial charge in [0, 0.05) is 17.6 Å². The Morgan fingerprint density at radius 1 is 1.47 bits per heavy atom. The molecule has 0 atom stereocenters. The summed E-state index contributed by atoms with van der Waals surface area (Å²) in [6, 6.07) is 4.27. The highest BCUT2D eigenvalue weighted by atomic mass is 32.1. The first kappa shape index (κ1) is 12.3. The molecule has 0 amide bonds. The van der Waals surface area contributed by atoms with Crippen LogP contribution in [0, 0.1) is 6.92 Å². The van der Waals surface area contributed by atoms with Gasteiger partial charge in [0.05, 0.1) is 12.2 Å². The lowest BCUT2D eigenvalue weighted by atomic mass is 10.4. The molecule has 0 saturated carbocycles. The molecule has 0 aliphatic carbocycles. The second-order valence-corrected chi connectivity index (χ2v) is 5.17. The SMILES string of the molecule is CCCNCc1cnc(C)n1Cc1cccs1. The van der Waals surface area contributed by atoms with E-state index in [1.807, 2.05) is 6.20 Å². The van der Waals surface area contributed by atoms with Gasteiger partial charge in [0.1, 0.15) is 5.82 Å². The average molecular weight is 249 g/mol. The zero-order valence-corrected chi connectivity index (χ0v) is 11.3. The van der Waals surface area contributed by atoms with Crippen LogP contribution >= 0.6 is 11.3 Å². The molecule has 0 radical (unpaired) electrons. The molecular formula is C13H19N3S. The van der Waals surface area contributed by atoms with Crippen LogP contribution in [0.4, 0.5) is 0 Å². The lowest BCUT2D eigenvalue weighted by Gasteiger charge is -2.09. The van der Waals surface area contributed by atoms with E-state index < -0.39 is 0 Å². The molecule has 17 heavy (non-hydrogen) atoms. The van der Waals surface area contributed by atoms with Crippen molar-refractivity contribution in [1.29, 1.82) is 0 Å². The van der Waals surface area contributed by atoms with E-state index in [0.717, 1.165) is 31.9 Å². The first-order valence-electron chi connectivity index (χ1n) is 6.05. The van der Waals surface area contributed by atoms with Crippen LogP contribution in [0.2, 0.25) is 0 Å². The van der Waals surface area contributed by atoms with Crippen molar-refractivity contribution in [1.82, 2.24) is 14.9 Å². The number of hydrogen-bond acceptors (Lipinski definition) is 3. The van der Waals surface area contributed by atoms with E-state index in [9.17, 15) is 0 Å². The number of aryl methyl sites for hydroxylation is 1. The normalized spacial score (nSPS) is 10.9. The zero-order valence-electron chi connectivity index (χ0n) is 10.4. The summed E-state index contributed by atoms with van der Waals surface area (Å²) >= 11 is 1.80. The molecular weight excluding hydrogens is 230 g/mol. The molecule has 0 saturated heterocycles. The molecule has 92 valence electrons. The first-order chi connectivity index (χ1) is 8.31. The fourth-order valence-corrected chi connectivity index (χ4v) is 2.52. The van der Waals surface area contributed by atoms with E-state index in [2.05, 4.69) is 46.2 Å². The fraction of sp³-hybridized carbons (Fsp3) is 0.462. The van der Waals surface area contributed by atoms with Gasteiger partial charge in [-0.3, -0.25) is 0 Å². The van der Waals surface area contributed by atoms with Crippen molar-refractivity contribution in [2.24, 2.45) is 0 Å². The van der Waals surface area contributed by atoms with Crippen LogP contribution in [-0.2, 0) is 13.1 Å². The number of nitrogens with one attached hydrogen (secondary N) is 1. The van der Waals surface area contributed by atoms with Crippen molar-refractivity contribution in [3.63, 3.8) is 0 Å². The van der Waals surface area contributed by atoms with Crippen molar-refractivity contribution in [2.75, 3.05) is 6.54 Å². The molecule has 0 aromatic carbocycles. The second-order valence-electron chi connectivity index (χ2n) is 4.14. The lowest BCUT2D eigenvalue weighted by molar-refractivity contribution is 0.625. The summed E-state index contributed by atoms with van der Waals surface area (Å²) in [6.07, 6.45) is 3.14. The number of hydrogen-bond donors (Lipinski definition) is 1. The summed E-state index contributed by atoms with van der Waals surface area (Å²) < 4.78 is 2.29. The van der Waals surface area contributed by atoms with Gasteiger partial charge in [-0.15, -0.1) is 11.3 Å².